The Hall–Kier alpha value is -4.17. The lowest BCUT2D eigenvalue weighted by molar-refractivity contribution is 0.0936. The van der Waals surface area contributed by atoms with Crippen LogP contribution in [0, 0.1) is 0 Å². The molecule has 3 heterocycles. The number of amides is 1. The lowest BCUT2D eigenvalue weighted by atomic mass is 10.0. The third-order valence-electron chi connectivity index (χ3n) is 5.76. The molecule has 34 heavy (non-hydrogen) atoms. The number of hydrogen-bond donors (Lipinski definition) is 2. The molecule has 5 rings (SSSR count). The van der Waals surface area contributed by atoms with Gasteiger partial charge in [-0.05, 0) is 42.1 Å². The third kappa shape index (κ3) is 3.58. The van der Waals surface area contributed by atoms with Crippen molar-refractivity contribution in [3.8, 4) is 5.69 Å². The third-order valence-corrected chi connectivity index (χ3v) is 6.07. The lowest BCUT2D eigenvalue weighted by Gasteiger charge is -2.23. The molecule has 1 atom stereocenters. The van der Waals surface area contributed by atoms with E-state index in [1.54, 1.807) is 35.2 Å². The minimum Gasteiger partial charge on any atom is -0.381 e. The molecule has 5 aromatic rings. The van der Waals surface area contributed by atoms with Gasteiger partial charge in [0, 0.05) is 23.8 Å². The number of nitrogens with one attached hydrogen (secondary N) is 1. The Bertz CT molecular complexity index is 1590. The number of nitrogens with two attached hydrogens (primary N) is 1. The molecule has 2 aromatic carbocycles. The number of carbonyl (C=O) groups excluding carboxylic acids is 1. The predicted molar refractivity (Wildman–Crippen MR) is 132 cm³/mol. The average molecular weight is 473 g/mol. The van der Waals surface area contributed by atoms with E-state index in [9.17, 15) is 9.59 Å². The molecule has 0 spiro atoms. The summed E-state index contributed by atoms with van der Waals surface area (Å²) in [7, 11) is 0. The van der Waals surface area contributed by atoms with E-state index < -0.39 is 11.9 Å². The maximum atomic E-state index is 13.7. The van der Waals surface area contributed by atoms with Crippen molar-refractivity contribution in [3.05, 3.63) is 99.7 Å². The fourth-order valence-corrected chi connectivity index (χ4v) is 4.44. The number of aromatic nitrogens is 4. The van der Waals surface area contributed by atoms with Gasteiger partial charge in [-0.3, -0.25) is 14.2 Å². The van der Waals surface area contributed by atoms with Crippen molar-refractivity contribution in [2.24, 2.45) is 0 Å². The number of pyridine rings is 1. The average Bonchev–Trinajstić information content (AvgIpc) is 3.18. The molecule has 0 aliphatic rings. The topological polar surface area (TPSA) is 107 Å². The summed E-state index contributed by atoms with van der Waals surface area (Å²) in [6, 6.07) is 17.7. The van der Waals surface area contributed by atoms with Crippen LogP contribution in [0.5, 0.6) is 0 Å². The summed E-state index contributed by atoms with van der Waals surface area (Å²) in [5.74, 6) is -0.340. The van der Waals surface area contributed by atoms with Gasteiger partial charge in [-0.2, -0.15) is 0 Å². The van der Waals surface area contributed by atoms with Crippen LogP contribution in [0.3, 0.4) is 0 Å². The zero-order valence-corrected chi connectivity index (χ0v) is 19.0. The highest BCUT2D eigenvalue weighted by atomic mass is 35.5. The Morgan fingerprint density at radius 3 is 2.71 bits per heavy atom. The highest BCUT2D eigenvalue weighted by molar-refractivity contribution is 6.35. The molecule has 3 aromatic heterocycles. The predicted octanol–water partition coefficient (Wildman–Crippen LogP) is 4.15. The largest absolute Gasteiger partial charge is 0.381 e. The second kappa shape index (κ2) is 8.64. The highest BCUT2D eigenvalue weighted by Gasteiger charge is 2.25. The van der Waals surface area contributed by atoms with E-state index >= 15 is 0 Å². The summed E-state index contributed by atoms with van der Waals surface area (Å²) >= 11 is 6.40. The minimum absolute atomic E-state index is 0.0804. The summed E-state index contributed by atoms with van der Waals surface area (Å²) < 4.78 is 3.06. The Morgan fingerprint density at radius 1 is 1.15 bits per heavy atom. The SMILES string of the molecule is CC[C@H](NC(=O)c1c(N)nn2cccnc12)c1cc2cccc(Cl)c2c(=O)n1-c1ccccc1. The number of fused-ring (bicyclic) bond motifs is 2. The first-order valence-corrected chi connectivity index (χ1v) is 11.2. The molecule has 170 valence electrons. The van der Waals surface area contributed by atoms with Crippen molar-refractivity contribution < 1.29 is 4.79 Å². The summed E-state index contributed by atoms with van der Waals surface area (Å²) in [6.07, 6.45) is 3.77. The van der Waals surface area contributed by atoms with Crippen LogP contribution in [0.1, 0.15) is 35.4 Å². The van der Waals surface area contributed by atoms with Gasteiger partial charge in [-0.1, -0.05) is 48.9 Å². The molecule has 0 fully saturated rings. The molecule has 0 saturated carbocycles. The van der Waals surface area contributed by atoms with Crippen LogP contribution < -0.4 is 16.6 Å². The Labute approximate surface area is 199 Å². The maximum Gasteiger partial charge on any atom is 0.264 e. The first-order chi connectivity index (χ1) is 16.5. The number of rotatable bonds is 5. The van der Waals surface area contributed by atoms with Gasteiger partial charge in [0.2, 0.25) is 0 Å². The summed E-state index contributed by atoms with van der Waals surface area (Å²) in [5, 5.41) is 8.70. The molecule has 0 bridgehead atoms. The van der Waals surface area contributed by atoms with Crippen molar-refractivity contribution >= 4 is 39.7 Å². The first-order valence-electron chi connectivity index (χ1n) is 10.8. The van der Waals surface area contributed by atoms with Gasteiger partial charge < -0.3 is 11.1 Å². The van der Waals surface area contributed by atoms with Crippen molar-refractivity contribution in [1.82, 2.24) is 24.5 Å². The molecule has 9 heteroatoms. The first kappa shape index (κ1) is 21.7. The second-order valence-electron chi connectivity index (χ2n) is 7.83. The number of nitrogens with zero attached hydrogens (tertiary/aromatic N) is 4. The normalized spacial score (nSPS) is 12.2. The summed E-state index contributed by atoms with van der Waals surface area (Å²) in [6.45, 7) is 1.94. The standard InChI is InChI=1S/C25H21ClN6O2/c1-2-18(29-24(33)21-22(27)30-31-13-7-12-28-23(21)31)19-14-15-8-6-11-17(26)20(15)25(34)32(19)16-9-4-3-5-10-16/h3-14,18H,2H2,1H3,(H2,27,30)(H,29,33)/t18-/m0/s1. The van der Waals surface area contributed by atoms with Crippen molar-refractivity contribution in [1.29, 1.82) is 0 Å². The quantitative estimate of drug-likeness (QED) is 0.399. The van der Waals surface area contributed by atoms with Crippen molar-refractivity contribution in [2.75, 3.05) is 5.73 Å². The molecule has 1 amide bonds. The van der Waals surface area contributed by atoms with Crippen molar-refractivity contribution in [2.45, 2.75) is 19.4 Å². The fourth-order valence-electron chi connectivity index (χ4n) is 4.18. The van der Waals surface area contributed by atoms with Crippen LogP contribution in [-0.2, 0) is 0 Å². The lowest BCUT2D eigenvalue weighted by Crippen LogP contribution is -2.33. The van der Waals surface area contributed by atoms with Gasteiger partial charge in [0.1, 0.15) is 5.56 Å². The van der Waals surface area contributed by atoms with E-state index in [0.717, 1.165) is 0 Å². The molecule has 0 saturated heterocycles. The molecule has 0 unspecified atom stereocenters. The molecular formula is C25H21ClN6O2. The van der Waals surface area contributed by atoms with Crippen LogP contribution >= 0.6 is 11.6 Å². The van der Waals surface area contributed by atoms with E-state index in [1.807, 2.05) is 49.4 Å². The van der Waals surface area contributed by atoms with Gasteiger partial charge in [0.15, 0.2) is 11.5 Å². The number of carbonyl (C=O) groups is 1. The van der Waals surface area contributed by atoms with Crippen LogP contribution in [0.2, 0.25) is 5.02 Å². The van der Waals surface area contributed by atoms with Gasteiger partial charge in [0.05, 0.1) is 16.5 Å². The minimum atomic E-state index is -0.498. The Kier molecular flexibility index (Phi) is 5.51. The molecule has 0 aliphatic carbocycles. The summed E-state index contributed by atoms with van der Waals surface area (Å²) in [5.41, 5.74) is 7.64. The molecule has 8 nitrogen and oxygen atoms in total. The van der Waals surface area contributed by atoms with Gasteiger partial charge in [-0.25, -0.2) is 9.50 Å². The second-order valence-corrected chi connectivity index (χ2v) is 8.24. The molecule has 3 N–H and O–H groups in total. The fraction of sp³-hybridized carbons (Fsp3) is 0.120. The van der Waals surface area contributed by atoms with Crippen LogP contribution in [0.15, 0.2) is 77.9 Å². The van der Waals surface area contributed by atoms with Gasteiger partial charge in [-0.15, -0.1) is 5.10 Å². The Balaban J connectivity index is 1.67. The monoisotopic (exact) mass is 472 g/mol. The zero-order chi connectivity index (χ0) is 23.8. The summed E-state index contributed by atoms with van der Waals surface area (Å²) in [4.78, 5) is 31.2. The smallest absolute Gasteiger partial charge is 0.264 e. The number of hydrogen-bond acceptors (Lipinski definition) is 5. The van der Waals surface area contributed by atoms with Crippen LogP contribution in [0.25, 0.3) is 22.1 Å². The van der Waals surface area contributed by atoms with E-state index in [4.69, 9.17) is 17.3 Å². The number of halogens is 1. The number of anilines is 1. The van der Waals surface area contributed by atoms with E-state index in [-0.39, 0.29) is 16.9 Å². The van der Waals surface area contributed by atoms with Gasteiger partial charge >= 0.3 is 0 Å². The van der Waals surface area contributed by atoms with E-state index in [0.29, 0.717) is 39.2 Å². The number of benzene rings is 2. The Morgan fingerprint density at radius 2 is 1.94 bits per heavy atom. The molecular weight excluding hydrogens is 452 g/mol. The molecule has 0 aliphatic heterocycles. The molecule has 0 radical (unpaired) electrons. The van der Waals surface area contributed by atoms with E-state index in [1.165, 1.54) is 4.52 Å². The zero-order valence-electron chi connectivity index (χ0n) is 18.3. The number of para-hydroxylation sites is 1. The van der Waals surface area contributed by atoms with E-state index in [2.05, 4.69) is 15.4 Å². The van der Waals surface area contributed by atoms with Crippen LogP contribution in [0.4, 0.5) is 5.82 Å². The maximum absolute atomic E-state index is 13.7. The van der Waals surface area contributed by atoms with Crippen molar-refractivity contribution in [3.63, 3.8) is 0 Å². The highest BCUT2D eigenvalue weighted by Crippen LogP contribution is 2.27. The van der Waals surface area contributed by atoms with Crippen LogP contribution in [-0.4, -0.2) is 25.1 Å². The van der Waals surface area contributed by atoms with Gasteiger partial charge in [0.25, 0.3) is 11.5 Å². The number of nitrogen functional groups attached to an aromatic ring is 1.